The average molecular weight is 625 g/mol. The first kappa shape index (κ1) is 31.3. The maximum Gasteiger partial charge on any atom is 0.415 e. The second-order valence-corrected chi connectivity index (χ2v) is 13.3. The third-order valence-electron chi connectivity index (χ3n) is 8.84. The molecule has 4 amide bonds. The van der Waals surface area contributed by atoms with Gasteiger partial charge in [0.05, 0.1) is 11.8 Å². The van der Waals surface area contributed by atoms with Crippen LogP contribution in [0.1, 0.15) is 43.9 Å². The van der Waals surface area contributed by atoms with Crippen LogP contribution >= 0.6 is 0 Å². The number of anilines is 2. The van der Waals surface area contributed by atoms with Gasteiger partial charge in [0.25, 0.3) is 5.91 Å². The highest BCUT2D eigenvalue weighted by atomic mass is 16.6. The molecule has 0 aromatic heterocycles. The molecule has 0 spiro atoms. The Kier molecular flexibility index (Phi) is 8.33. The van der Waals surface area contributed by atoms with Crippen LogP contribution in [0.4, 0.5) is 16.2 Å². The van der Waals surface area contributed by atoms with Gasteiger partial charge in [-0.15, -0.1) is 0 Å². The molecule has 3 aliphatic heterocycles. The molecule has 0 unspecified atom stereocenters. The summed E-state index contributed by atoms with van der Waals surface area (Å²) in [6.07, 6.45) is -0.980. The zero-order valence-corrected chi connectivity index (χ0v) is 26.6. The second kappa shape index (κ2) is 12.2. The van der Waals surface area contributed by atoms with Gasteiger partial charge < -0.3 is 19.6 Å². The molecule has 6 rings (SSSR count). The van der Waals surface area contributed by atoms with Gasteiger partial charge in [-0.25, -0.2) is 4.79 Å². The van der Waals surface area contributed by atoms with E-state index in [4.69, 9.17) is 4.74 Å². The van der Waals surface area contributed by atoms with Crippen LogP contribution in [0.3, 0.4) is 0 Å². The van der Waals surface area contributed by atoms with Gasteiger partial charge in [0.2, 0.25) is 11.8 Å². The Bertz CT molecular complexity index is 1650. The molecule has 1 fully saturated rings. The van der Waals surface area contributed by atoms with Crippen LogP contribution in [-0.2, 0) is 38.5 Å². The molecule has 3 aromatic rings. The largest absolute Gasteiger partial charge is 0.443 e. The average Bonchev–Trinajstić information content (AvgIpc) is 3.72. The number of para-hydroxylation sites is 2. The first-order chi connectivity index (χ1) is 21.9. The van der Waals surface area contributed by atoms with Crippen LogP contribution in [0.25, 0.3) is 0 Å². The molecule has 46 heavy (non-hydrogen) atoms. The summed E-state index contributed by atoms with van der Waals surface area (Å²) in [7, 11) is 1.72. The van der Waals surface area contributed by atoms with E-state index in [2.05, 4.69) is 0 Å². The van der Waals surface area contributed by atoms with Gasteiger partial charge in [0.15, 0.2) is 0 Å². The molecule has 0 bridgehead atoms. The van der Waals surface area contributed by atoms with Crippen molar-refractivity contribution in [3.8, 4) is 0 Å². The highest BCUT2D eigenvalue weighted by molar-refractivity contribution is 6.08. The number of rotatable bonds is 5. The smallest absolute Gasteiger partial charge is 0.415 e. The zero-order valence-electron chi connectivity index (χ0n) is 26.6. The Morgan fingerprint density at radius 2 is 1.35 bits per heavy atom. The highest BCUT2D eigenvalue weighted by Gasteiger charge is 2.50. The number of carbonyl (C=O) groups excluding carboxylic acids is 4. The Morgan fingerprint density at radius 1 is 0.783 bits per heavy atom. The number of likely N-dealkylation sites (tertiary alicyclic amines) is 1. The van der Waals surface area contributed by atoms with Crippen LogP contribution in [-0.4, -0.2) is 82.1 Å². The van der Waals surface area contributed by atoms with Crippen molar-refractivity contribution in [2.45, 2.75) is 76.4 Å². The van der Waals surface area contributed by atoms with E-state index in [0.29, 0.717) is 24.3 Å². The minimum absolute atomic E-state index is 0.0239. The predicted molar refractivity (Wildman–Crippen MR) is 173 cm³/mol. The van der Waals surface area contributed by atoms with E-state index >= 15 is 0 Å². The Balaban J connectivity index is 1.29. The molecule has 3 aliphatic rings. The highest BCUT2D eigenvalue weighted by Crippen LogP contribution is 2.38. The summed E-state index contributed by atoms with van der Waals surface area (Å²) < 4.78 is 5.69. The van der Waals surface area contributed by atoms with Crippen molar-refractivity contribution in [3.63, 3.8) is 0 Å². The number of likely N-dealkylation sites (N-methyl/N-ethyl adjacent to an activating group) is 1. The van der Waals surface area contributed by atoms with Crippen LogP contribution in [0.5, 0.6) is 0 Å². The topological polar surface area (TPSA) is 111 Å². The Morgan fingerprint density at radius 3 is 1.98 bits per heavy atom. The lowest BCUT2D eigenvalue weighted by molar-refractivity contribution is -0.139. The Labute approximate surface area is 269 Å². The van der Waals surface area contributed by atoms with Crippen molar-refractivity contribution in [2.24, 2.45) is 0 Å². The number of amides is 4. The number of nitrogens with zero attached hydrogens (tertiary/aromatic N) is 4. The number of carbonyl (C=O) groups is 4. The number of β-amino-alcohol motifs (C(OH)–C–C–N with tert-alkyl or cyclic N) is 1. The minimum atomic E-state index is -1.02. The summed E-state index contributed by atoms with van der Waals surface area (Å²) in [4.78, 5) is 62.2. The number of aliphatic hydroxyl groups is 1. The van der Waals surface area contributed by atoms with E-state index in [9.17, 15) is 24.3 Å². The lowest BCUT2D eigenvalue weighted by atomic mass is 10.1. The summed E-state index contributed by atoms with van der Waals surface area (Å²) >= 11 is 0. The van der Waals surface area contributed by atoms with Crippen LogP contribution in [0.2, 0.25) is 0 Å². The third-order valence-corrected chi connectivity index (χ3v) is 8.84. The third kappa shape index (κ3) is 5.97. The number of hydrogen-bond donors (Lipinski definition) is 1. The lowest BCUT2D eigenvalue weighted by Gasteiger charge is -2.35. The van der Waals surface area contributed by atoms with Gasteiger partial charge in [0, 0.05) is 45.1 Å². The maximum absolute atomic E-state index is 14.5. The molecular formula is C36H40N4O6. The molecule has 1 saturated heterocycles. The molecule has 240 valence electrons. The molecule has 0 saturated carbocycles. The van der Waals surface area contributed by atoms with E-state index in [0.717, 1.165) is 16.7 Å². The summed E-state index contributed by atoms with van der Waals surface area (Å²) in [5.41, 5.74) is 3.06. The molecular weight excluding hydrogens is 584 g/mol. The van der Waals surface area contributed by atoms with E-state index in [1.807, 2.05) is 66.7 Å². The molecule has 10 heteroatoms. The van der Waals surface area contributed by atoms with E-state index < -0.39 is 47.7 Å². The molecule has 4 atom stereocenters. The fourth-order valence-corrected chi connectivity index (χ4v) is 6.81. The summed E-state index contributed by atoms with van der Waals surface area (Å²) in [6, 6.07) is 21.6. The number of hydrogen-bond acceptors (Lipinski definition) is 6. The number of fused-ring (bicyclic) bond motifs is 2. The summed E-state index contributed by atoms with van der Waals surface area (Å²) in [6.45, 7) is 5.60. The van der Waals surface area contributed by atoms with Crippen LogP contribution in [0.15, 0.2) is 78.9 Å². The van der Waals surface area contributed by atoms with Crippen molar-refractivity contribution in [1.82, 2.24) is 9.80 Å². The van der Waals surface area contributed by atoms with Gasteiger partial charge >= 0.3 is 6.09 Å². The maximum atomic E-state index is 14.5. The van der Waals surface area contributed by atoms with Gasteiger partial charge in [-0.2, -0.15) is 0 Å². The van der Waals surface area contributed by atoms with Crippen molar-refractivity contribution in [1.29, 1.82) is 0 Å². The fraction of sp³-hybridized carbons (Fsp3) is 0.389. The molecule has 0 aliphatic carbocycles. The molecule has 1 N–H and O–H groups in total. The molecule has 0 radical (unpaired) electrons. The van der Waals surface area contributed by atoms with Crippen molar-refractivity contribution >= 4 is 35.2 Å². The lowest BCUT2D eigenvalue weighted by Crippen LogP contribution is -2.57. The summed E-state index contributed by atoms with van der Waals surface area (Å²) in [5.74, 6) is -1.10. The second-order valence-electron chi connectivity index (χ2n) is 13.3. The first-order valence-corrected chi connectivity index (χ1v) is 15.7. The van der Waals surface area contributed by atoms with Crippen LogP contribution < -0.4 is 9.80 Å². The van der Waals surface area contributed by atoms with Crippen molar-refractivity contribution in [3.05, 3.63) is 95.6 Å². The van der Waals surface area contributed by atoms with Crippen LogP contribution in [0, 0.1) is 0 Å². The normalized spacial score (nSPS) is 22.0. The van der Waals surface area contributed by atoms with Gasteiger partial charge in [-0.3, -0.25) is 24.2 Å². The first-order valence-electron chi connectivity index (χ1n) is 15.7. The Hall–Kier alpha value is -4.70. The summed E-state index contributed by atoms with van der Waals surface area (Å²) in [5, 5.41) is 10.8. The molecule has 3 heterocycles. The molecule has 3 aromatic carbocycles. The fourth-order valence-electron chi connectivity index (χ4n) is 6.81. The van der Waals surface area contributed by atoms with Crippen molar-refractivity contribution in [2.75, 3.05) is 23.4 Å². The zero-order chi connectivity index (χ0) is 32.7. The minimum Gasteiger partial charge on any atom is -0.443 e. The van der Waals surface area contributed by atoms with Gasteiger partial charge in [-0.05, 0) is 49.6 Å². The van der Waals surface area contributed by atoms with E-state index in [-0.39, 0.29) is 25.3 Å². The van der Waals surface area contributed by atoms with Crippen molar-refractivity contribution < 1.29 is 29.0 Å². The number of aliphatic hydroxyl groups excluding tert-OH is 1. The monoisotopic (exact) mass is 624 g/mol. The number of benzene rings is 3. The quantitative estimate of drug-likeness (QED) is 0.461. The predicted octanol–water partition coefficient (Wildman–Crippen LogP) is 3.93. The number of ether oxygens (including phenoxy) is 1. The van der Waals surface area contributed by atoms with E-state index in [1.165, 1.54) is 14.7 Å². The van der Waals surface area contributed by atoms with Gasteiger partial charge in [0.1, 0.15) is 23.7 Å². The SMILES string of the molecule is CN(Cc1ccccc1)C(=O)[C@@H]1Cc2ccccc2N1C(=O)[C@@H]1C[C@@H](O)CN1C(=O)[C@@H]1Cc2ccccc2N1C(=O)OC(C)(C)C. The molecule has 10 nitrogen and oxygen atoms in total. The standard InChI is InChI=1S/C36H40N4O6/c1-36(2,3)46-35(45)40-28-17-11-9-15-25(28)19-31(40)33(43)38-22-26(41)20-29(38)34(44)39-27-16-10-8-14-24(27)18-30(39)32(42)37(4)21-23-12-6-5-7-13-23/h5-17,26,29-31,41H,18-22H2,1-4H3/t26-,29+,30+,31+/m1/s1. The van der Waals surface area contributed by atoms with Gasteiger partial charge in [-0.1, -0.05) is 66.7 Å². The van der Waals surface area contributed by atoms with E-state index in [1.54, 1.807) is 44.9 Å².